The summed E-state index contributed by atoms with van der Waals surface area (Å²) in [7, 11) is 0. The van der Waals surface area contributed by atoms with E-state index in [-0.39, 0.29) is 6.67 Å². The van der Waals surface area contributed by atoms with E-state index >= 15 is 0 Å². The van der Waals surface area contributed by atoms with Crippen molar-refractivity contribution in [3.8, 4) is 0 Å². The van der Waals surface area contributed by atoms with E-state index in [0.29, 0.717) is 12.5 Å². The highest BCUT2D eigenvalue weighted by Crippen LogP contribution is 2.17. The summed E-state index contributed by atoms with van der Waals surface area (Å²) in [6, 6.07) is 0.548. The lowest BCUT2D eigenvalue weighted by atomic mass is 10.2. The Kier molecular flexibility index (Phi) is 5.32. The molecule has 1 fully saturated rings. The molecule has 0 aromatic rings. The number of hydrogen-bond acceptors (Lipinski definition) is 2. The van der Waals surface area contributed by atoms with Crippen LogP contribution in [0.2, 0.25) is 0 Å². The minimum absolute atomic E-state index is 0.197. The molecule has 13 heavy (non-hydrogen) atoms. The number of alkyl halides is 1. The first-order chi connectivity index (χ1) is 6.38. The molecule has 1 rings (SSSR count). The zero-order valence-electron chi connectivity index (χ0n) is 8.47. The van der Waals surface area contributed by atoms with Crippen LogP contribution < -0.4 is 0 Å². The standard InChI is InChI=1S/C10H20FNO/c1-2-13-9-10-5-3-7-12(10)8-4-6-11/h10H,2-9H2,1H3. The average molecular weight is 189 g/mol. The Labute approximate surface area is 80.1 Å². The van der Waals surface area contributed by atoms with Crippen molar-refractivity contribution < 1.29 is 9.13 Å². The van der Waals surface area contributed by atoms with Crippen molar-refractivity contribution in [3.63, 3.8) is 0 Å². The topological polar surface area (TPSA) is 12.5 Å². The quantitative estimate of drug-likeness (QED) is 0.632. The van der Waals surface area contributed by atoms with Crippen molar-refractivity contribution in [2.45, 2.75) is 32.2 Å². The van der Waals surface area contributed by atoms with Gasteiger partial charge in [0.25, 0.3) is 0 Å². The molecule has 0 spiro atoms. The first kappa shape index (κ1) is 10.9. The van der Waals surface area contributed by atoms with E-state index in [1.807, 2.05) is 6.92 Å². The van der Waals surface area contributed by atoms with Crippen LogP contribution in [0.15, 0.2) is 0 Å². The van der Waals surface area contributed by atoms with Crippen molar-refractivity contribution in [1.29, 1.82) is 0 Å². The van der Waals surface area contributed by atoms with Gasteiger partial charge >= 0.3 is 0 Å². The maximum Gasteiger partial charge on any atom is 0.0906 e. The number of halogens is 1. The third-order valence-corrected chi connectivity index (χ3v) is 2.59. The van der Waals surface area contributed by atoms with Crippen LogP contribution in [0.4, 0.5) is 4.39 Å². The fraction of sp³-hybridized carbons (Fsp3) is 1.00. The van der Waals surface area contributed by atoms with E-state index in [0.717, 1.165) is 26.3 Å². The van der Waals surface area contributed by atoms with Gasteiger partial charge in [-0.3, -0.25) is 9.29 Å². The van der Waals surface area contributed by atoms with Gasteiger partial charge in [0.05, 0.1) is 13.3 Å². The number of hydrogen-bond donors (Lipinski definition) is 0. The highest BCUT2D eigenvalue weighted by atomic mass is 19.1. The van der Waals surface area contributed by atoms with E-state index in [1.165, 1.54) is 12.8 Å². The van der Waals surface area contributed by atoms with Gasteiger partial charge in [0.1, 0.15) is 0 Å². The normalized spacial score (nSPS) is 24.0. The lowest BCUT2D eigenvalue weighted by Crippen LogP contribution is -2.34. The predicted molar refractivity (Wildman–Crippen MR) is 51.7 cm³/mol. The highest BCUT2D eigenvalue weighted by Gasteiger charge is 2.23. The van der Waals surface area contributed by atoms with Crippen LogP contribution in [0.5, 0.6) is 0 Å². The molecule has 0 N–H and O–H groups in total. The molecule has 0 aromatic carbocycles. The molecule has 2 nitrogen and oxygen atoms in total. The first-order valence-corrected chi connectivity index (χ1v) is 5.26. The lowest BCUT2D eigenvalue weighted by molar-refractivity contribution is 0.0839. The van der Waals surface area contributed by atoms with E-state index < -0.39 is 0 Å². The van der Waals surface area contributed by atoms with Gasteiger partial charge in [-0.05, 0) is 32.7 Å². The van der Waals surface area contributed by atoms with Gasteiger partial charge in [-0.2, -0.15) is 0 Å². The summed E-state index contributed by atoms with van der Waals surface area (Å²) in [5.41, 5.74) is 0. The first-order valence-electron chi connectivity index (χ1n) is 5.26. The molecule has 1 aliphatic heterocycles. The number of ether oxygens (including phenoxy) is 1. The molecule has 1 unspecified atom stereocenters. The molecule has 78 valence electrons. The van der Waals surface area contributed by atoms with E-state index in [4.69, 9.17) is 4.74 Å². The maximum atomic E-state index is 12.0. The van der Waals surface area contributed by atoms with Gasteiger partial charge in [0.15, 0.2) is 0 Å². The Bertz CT molecular complexity index is 118. The van der Waals surface area contributed by atoms with Gasteiger partial charge in [-0.15, -0.1) is 0 Å². The molecule has 0 aliphatic carbocycles. The Morgan fingerprint density at radius 3 is 3.08 bits per heavy atom. The summed E-state index contributed by atoms with van der Waals surface area (Å²) < 4.78 is 17.4. The van der Waals surface area contributed by atoms with Crippen molar-refractivity contribution in [1.82, 2.24) is 4.90 Å². The van der Waals surface area contributed by atoms with Crippen LogP contribution in [0, 0.1) is 0 Å². The number of nitrogens with zero attached hydrogens (tertiary/aromatic N) is 1. The predicted octanol–water partition coefficient (Wildman–Crippen LogP) is 1.85. The van der Waals surface area contributed by atoms with Gasteiger partial charge in [0.2, 0.25) is 0 Å². The van der Waals surface area contributed by atoms with Crippen LogP contribution in [0.3, 0.4) is 0 Å². The summed E-state index contributed by atoms with van der Waals surface area (Å²) in [5, 5.41) is 0. The Hall–Kier alpha value is -0.150. The van der Waals surface area contributed by atoms with Gasteiger partial charge in [0, 0.05) is 19.2 Å². The molecule has 1 atom stereocenters. The minimum atomic E-state index is -0.197. The summed E-state index contributed by atoms with van der Waals surface area (Å²) in [4.78, 5) is 2.36. The molecular formula is C10H20FNO. The summed E-state index contributed by atoms with van der Waals surface area (Å²) in [5.74, 6) is 0. The highest BCUT2D eigenvalue weighted by molar-refractivity contribution is 4.78. The maximum absolute atomic E-state index is 12.0. The number of likely N-dealkylation sites (tertiary alicyclic amines) is 1. The van der Waals surface area contributed by atoms with Gasteiger partial charge in [-0.25, -0.2) is 0 Å². The average Bonchev–Trinajstić information content (AvgIpc) is 2.59. The van der Waals surface area contributed by atoms with Crippen LogP contribution in [0.1, 0.15) is 26.2 Å². The SMILES string of the molecule is CCOCC1CCCN1CCCF. The second-order valence-electron chi connectivity index (χ2n) is 3.53. The molecule has 1 heterocycles. The fourth-order valence-corrected chi connectivity index (χ4v) is 1.90. The zero-order valence-corrected chi connectivity index (χ0v) is 8.47. The second-order valence-corrected chi connectivity index (χ2v) is 3.53. The molecule has 0 radical (unpaired) electrons. The Balaban J connectivity index is 2.18. The van der Waals surface area contributed by atoms with Crippen molar-refractivity contribution in [2.24, 2.45) is 0 Å². The molecule has 0 saturated carbocycles. The van der Waals surface area contributed by atoms with Gasteiger partial charge < -0.3 is 4.74 Å². The summed E-state index contributed by atoms with van der Waals surface area (Å²) >= 11 is 0. The fourth-order valence-electron chi connectivity index (χ4n) is 1.90. The van der Waals surface area contributed by atoms with Gasteiger partial charge in [-0.1, -0.05) is 0 Å². The van der Waals surface area contributed by atoms with Crippen LogP contribution in [0.25, 0.3) is 0 Å². The van der Waals surface area contributed by atoms with E-state index in [1.54, 1.807) is 0 Å². The largest absolute Gasteiger partial charge is 0.380 e. The third-order valence-electron chi connectivity index (χ3n) is 2.59. The van der Waals surface area contributed by atoms with Crippen LogP contribution in [-0.4, -0.2) is 43.9 Å². The molecule has 0 bridgehead atoms. The molecule has 0 amide bonds. The second kappa shape index (κ2) is 6.33. The zero-order chi connectivity index (χ0) is 9.52. The van der Waals surface area contributed by atoms with Crippen LogP contribution >= 0.6 is 0 Å². The van der Waals surface area contributed by atoms with Crippen molar-refractivity contribution in [3.05, 3.63) is 0 Å². The molecule has 0 aromatic heterocycles. The minimum Gasteiger partial charge on any atom is -0.380 e. The lowest BCUT2D eigenvalue weighted by Gasteiger charge is -2.23. The van der Waals surface area contributed by atoms with Crippen LogP contribution in [-0.2, 0) is 4.74 Å². The number of rotatable bonds is 6. The third kappa shape index (κ3) is 3.61. The van der Waals surface area contributed by atoms with E-state index in [9.17, 15) is 4.39 Å². The Morgan fingerprint density at radius 1 is 1.54 bits per heavy atom. The monoisotopic (exact) mass is 189 g/mol. The smallest absolute Gasteiger partial charge is 0.0906 e. The molecular weight excluding hydrogens is 169 g/mol. The van der Waals surface area contributed by atoms with Crippen molar-refractivity contribution >= 4 is 0 Å². The Morgan fingerprint density at radius 2 is 2.38 bits per heavy atom. The summed E-state index contributed by atoms with van der Waals surface area (Å²) in [6.45, 7) is 5.45. The van der Waals surface area contributed by atoms with Crippen molar-refractivity contribution in [2.75, 3.05) is 33.0 Å². The molecule has 1 aliphatic rings. The van der Waals surface area contributed by atoms with E-state index in [2.05, 4.69) is 4.90 Å². The summed E-state index contributed by atoms with van der Waals surface area (Å²) in [6.07, 6.45) is 3.12. The molecule has 3 heteroatoms. The molecule has 1 saturated heterocycles.